The number of hydrogen-bond acceptors (Lipinski definition) is 2. The van der Waals surface area contributed by atoms with Crippen molar-refractivity contribution in [2.24, 2.45) is 0 Å². The van der Waals surface area contributed by atoms with Crippen LogP contribution < -0.4 is 10.6 Å². The second-order valence-electron chi connectivity index (χ2n) is 4.53. The second kappa shape index (κ2) is 5.67. The SMILES string of the molecule is Cc1c(Cl)cccc1NC(=S)NC(C)(C)CO. The highest BCUT2D eigenvalue weighted by Crippen LogP contribution is 2.22. The van der Waals surface area contributed by atoms with Gasteiger partial charge in [0.2, 0.25) is 0 Å². The zero-order chi connectivity index (χ0) is 13.1. The predicted molar refractivity (Wildman–Crippen MR) is 76.7 cm³/mol. The van der Waals surface area contributed by atoms with Gasteiger partial charge in [-0.15, -0.1) is 0 Å². The second-order valence-corrected chi connectivity index (χ2v) is 5.35. The number of thiocarbonyl (C=S) groups is 1. The van der Waals surface area contributed by atoms with E-state index >= 15 is 0 Å². The van der Waals surface area contributed by atoms with Crippen LogP contribution in [0.25, 0.3) is 0 Å². The van der Waals surface area contributed by atoms with Crippen LogP contribution in [-0.4, -0.2) is 22.4 Å². The fraction of sp³-hybridized carbons (Fsp3) is 0.417. The number of nitrogens with one attached hydrogen (secondary N) is 2. The molecule has 0 aliphatic carbocycles. The number of rotatable bonds is 3. The van der Waals surface area contributed by atoms with E-state index in [2.05, 4.69) is 10.6 Å². The summed E-state index contributed by atoms with van der Waals surface area (Å²) in [6.07, 6.45) is 0. The largest absolute Gasteiger partial charge is 0.394 e. The molecule has 0 fully saturated rings. The predicted octanol–water partition coefficient (Wildman–Crippen LogP) is 2.71. The Morgan fingerprint density at radius 2 is 2.12 bits per heavy atom. The van der Waals surface area contributed by atoms with Crippen LogP contribution in [0.4, 0.5) is 5.69 Å². The number of hydrogen-bond donors (Lipinski definition) is 3. The average molecular weight is 273 g/mol. The summed E-state index contributed by atoms with van der Waals surface area (Å²) in [6.45, 7) is 5.66. The summed E-state index contributed by atoms with van der Waals surface area (Å²) in [5, 5.41) is 16.4. The molecule has 17 heavy (non-hydrogen) atoms. The van der Waals surface area contributed by atoms with Gasteiger partial charge in [0.25, 0.3) is 0 Å². The lowest BCUT2D eigenvalue weighted by molar-refractivity contribution is 0.207. The summed E-state index contributed by atoms with van der Waals surface area (Å²) in [5.41, 5.74) is 1.36. The number of benzene rings is 1. The van der Waals surface area contributed by atoms with Gasteiger partial charge in [0.1, 0.15) is 0 Å². The van der Waals surface area contributed by atoms with Gasteiger partial charge in [0.15, 0.2) is 5.11 Å². The first-order chi connectivity index (χ1) is 7.85. The summed E-state index contributed by atoms with van der Waals surface area (Å²) in [7, 11) is 0. The van der Waals surface area contributed by atoms with Crippen LogP contribution in [0, 0.1) is 6.92 Å². The lowest BCUT2D eigenvalue weighted by atomic mass is 10.1. The van der Waals surface area contributed by atoms with Crippen molar-refractivity contribution in [3.8, 4) is 0 Å². The molecule has 0 aliphatic heterocycles. The standard InChI is InChI=1S/C12H17ClN2OS/c1-8-9(13)5-4-6-10(8)14-11(17)15-12(2,3)7-16/h4-6,16H,7H2,1-3H3,(H2,14,15,17). The topological polar surface area (TPSA) is 44.3 Å². The van der Waals surface area contributed by atoms with Gasteiger partial charge in [0, 0.05) is 10.7 Å². The van der Waals surface area contributed by atoms with Gasteiger partial charge in [-0.1, -0.05) is 17.7 Å². The van der Waals surface area contributed by atoms with Crippen LogP contribution >= 0.6 is 23.8 Å². The molecular weight excluding hydrogens is 256 g/mol. The van der Waals surface area contributed by atoms with E-state index < -0.39 is 5.54 Å². The van der Waals surface area contributed by atoms with Crippen molar-refractivity contribution in [1.82, 2.24) is 5.32 Å². The Kier molecular flexibility index (Phi) is 4.74. The summed E-state index contributed by atoms with van der Waals surface area (Å²) in [5.74, 6) is 0. The third kappa shape index (κ3) is 4.15. The molecule has 0 atom stereocenters. The quantitative estimate of drug-likeness (QED) is 0.741. The number of aliphatic hydroxyl groups is 1. The molecule has 0 saturated heterocycles. The van der Waals surface area contributed by atoms with Crippen molar-refractivity contribution >= 4 is 34.6 Å². The Balaban J connectivity index is 2.72. The molecule has 0 bridgehead atoms. The average Bonchev–Trinajstić information content (AvgIpc) is 2.24. The fourth-order valence-corrected chi connectivity index (χ4v) is 1.80. The highest BCUT2D eigenvalue weighted by atomic mass is 35.5. The summed E-state index contributed by atoms with van der Waals surface area (Å²) in [6, 6.07) is 5.59. The minimum atomic E-state index is -0.448. The highest BCUT2D eigenvalue weighted by Gasteiger charge is 2.17. The van der Waals surface area contributed by atoms with Crippen LogP contribution in [-0.2, 0) is 0 Å². The maximum Gasteiger partial charge on any atom is 0.171 e. The Morgan fingerprint density at radius 1 is 1.47 bits per heavy atom. The minimum absolute atomic E-state index is 0.00332. The maximum absolute atomic E-state index is 9.14. The molecular formula is C12H17ClN2OS. The van der Waals surface area contributed by atoms with E-state index in [0.29, 0.717) is 10.1 Å². The molecule has 0 aliphatic rings. The first kappa shape index (κ1) is 14.2. The zero-order valence-corrected chi connectivity index (χ0v) is 11.7. The molecule has 5 heteroatoms. The third-order valence-corrected chi connectivity index (χ3v) is 2.98. The lowest BCUT2D eigenvalue weighted by Crippen LogP contribution is -2.48. The van der Waals surface area contributed by atoms with E-state index in [0.717, 1.165) is 11.3 Å². The summed E-state index contributed by atoms with van der Waals surface area (Å²) >= 11 is 11.2. The molecule has 3 N–H and O–H groups in total. The van der Waals surface area contributed by atoms with Crippen molar-refractivity contribution in [1.29, 1.82) is 0 Å². The minimum Gasteiger partial charge on any atom is -0.394 e. The van der Waals surface area contributed by atoms with E-state index in [1.807, 2.05) is 39.0 Å². The van der Waals surface area contributed by atoms with Gasteiger partial charge >= 0.3 is 0 Å². The van der Waals surface area contributed by atoms with Gasteiger partial charge in [-0.25, -0.2) is 0 Å². The van der Waals surface area contributed by atoms with E-state index in [-0.39, 0.29) is 6.61 Å². The summed E-state index contributed by atoms with van der Waals surface area (Å²) < 4.78 is 0. The molecule has 1 aromatic rings. The van der Waals surface area contributed by atoms with Crippen molar-refractivity contribution in [2.75, 3.05) is 11.9 Å². The monoisotopic (exact) mass is 272 g/mol. The smallest absolute Gasteiger partial charge is 0.171 e. The molecule has 0 heterocycles. The number of halogens is 1. The Hall–Kier alpha value is -0.840. The molecule has 3 nitrogen and oxygen atoms in total. The summed E-state index contributed by atoms with van der Waals surface area (Å²) in [4.78, 5) is 0. The Morgan fingerprint density at radius 3 is 2.71 bits per heavy atom. The molecule has 94 valence electrons. The fourth-order valence-electron chi connectivity index (χ4n) is 1.24. The van der Waals surface area contributed by atoms with Crippen LogP contribution in [0.2, 0.25) is 5.02 Å². The lowest BCUT2D eigenvalue weighted by Gasteiger charge is -2.25. The molecule has 1 aromatic carbocycles. The highest BCUT2D eigenvalue weighted by molar-refractivity contribution is 7.80. The number of aliphatic hydroxyl groups excluding tert-OH is 1. The Labute approximate surface area is 112 Å². The van der Waals surface area contributed by atoms with Crippen molar-refractivity contribution in [3.63, 3.8) is 0 Å². The van der Waals surface area contributed by atoms with Crippen molar-refractivity contribution in [3.05, 3.63) is 28.8 Å². The zero-order valence-electron chi connectivity index (χ0n) is 10.2. The maximum atomic E-state index is 9.14. The first-order valence-corrected chi connectivity index (χ1v) is 6.09. The molecule has 0 unspecified atom stereocenters. The Bertz CT molecular complexity index is 421. The van der Waals surface area contributed by atoms with Gasteiger partial charge in [-0.3, -0.25) is 0 Å². The molecule has 0 aromatic heterocycles. The van der Waals surface area contributed by atoms with Gasteiger partial charge < -0.3 is 15.7 Å². The van der Waals surface area contributed by atoms with Crippen molar-refractivity contribution < 1.29 is 5.11 Å². The normalized spacial score (nSPS) is 11.1. The van der Waals surface area contributed by atoms with Crippen molar-refractivity contribution in [2.45, 2.75) is 26.3 Å². The van der Waals surface area contributed by atoms with Gasteiger partial charge in [-0.05, 0) is 50.7 Å². The van der Waals surface area contributed by atoms with Crippen LogP contribution in [0.5, 0.6) is 0 Å². The van der Waals surface area contributed by atoms with E-state index in [1.165, 1.54) is 0 Å². The van der Waals surface area contributed by atoms with E-state index in [1.54, 1.807) is 0 Å². The first-order valence-electron chi connectivity index (χ1n) is 5.31. The molecule has 0 spiro atoms. The van der Waals surface area contributed by atoms with E-state index in [9.17, 15) is 0 Å². The van der Waals surface area contributed by atoms with Crippen LogP contribution in [0.3, 0.4) is 0 Å². The van der Waals surface area contributed by atoms with Gasteiger partial charge in [-0.2, -0.15) is 0 Å². The molecule has 0 saturated carbocycles. The van der Waals surface area contributed by atoms with Crippen LogP contribution in [0.15, 0.2) is 18.2 Å². The van der Waals surface area contributed by atoms with E-state index in [4.69, 9.17) is 28.9 Å². The molecule has 0 radical (unpaired) electrons. The molecule has 0 amide bonds. The third-order valence-electron chi connectivity index (χ3n) is 2.36. The molecule has 1 rings (SSSR count). The number of anilines is 1. The van der Waals surface area contributed by atoms with Crippen LogP contribution in [0.1, 0.15) is 19.4 Å². The van der Waals surface area contributed by atoms with Gasteiger partial charge in [0.05, 0.1) is 12.1 Å².